The van der Waals surface area contributed by atoms with Crippen LogP contribution >= 0.6 is 0 Å². The van der Waals surface area contributed by atoms with Crippen LogP contribution < -0.4 is 0 Å². The number of allylic oxidation sites excluding steroid dienone is 2. The minimum atomic E-state index is 0.392. The Kier molecular flexibility index (Phi) is 10.2. The van der Waals surface area contributed by atoms with Gasteiger partial charge in [-0.3, -0.25) is 0 Å². The number of hydrogen-bond acceptors (Lipinski definition) is 0. The molecule has 0 aromatic heterocycles. The topological polar surface area (TPSA) is 0 Å². The van der Waals surface area contributed by atoms with Gasteiger partial charge in [0.2, 0.25) is 0 Å². The van der Waals surface area contributed by atoms with Crippen molar-refractivity contribution in [2.24, 2.45) is 28.1 Å². The normalized spacial score (nSPS) is 15.7. The lowest BCUT2D eigenvalue weighted by Crippen LogP contribution is -2.13. The van der Waals surface area contributed by atoms with Crippen LogP contribution in [0.2, 0.25) is 0 Å². The van der Waals surface area contributed by atoms with Crippen LogP contribution in [0.5, 0.6) is 0 Å². The lowest BCUT2D eigenvalue weighted by molar-refractivity contribution is 0.290. The van der Waals surface area contributed by atoms with Crippen LogP contribution in [0, 0.1) is 28.1 Å². The summed E-state index contributed by atoms with van der Waals surface area (Å²) < 4.78 is 0. The van der Waals surface area contributed by atoms with E-state index >= 15 is 0 Å². The zero-order chi connectivity index (χ0) is 20.8. The van der Waals surface area contributed by atoms with Gasteiger partial charge in [0.05, 0.1) is 0 Å². The summed E-state index contributed by atoms with van der Waals surface area (Å²) in [6.07, 6.45) is 9.22. The Morgan fingerprint density at radius 3 is 1.23 bits per heavy atom. The Hall–Kier alpha value is -0.260. The van der Waals surface area contributed by atoms with Gasteiger partial charge in [0.25, 0.3) is 0 Å². The Labute approximate surface area is 167 Å². The van der Waals surface area contributed by atoms with Crippen molar-refractivity contribution in [3.63, 3.8) is 0 Å². The summed E-state index contributed by atoms with van der Waals surface area (Å²) in [5, 5.41) is 0. The van der Waals surface area contributed by atoms with Gasteiger partial charge in [-0.2, -0.15) is 0 Å². The predicted octanol–water partition coefficient (Wildman–Crippen LogP) is 9.44. The van der Waals surface area contributed by atoms with Gasteiger partial charge in [-0.15, -0.1) is 0 Å². The molecule has 0 saturated carbocycles. The molecular formula is C26H52. The molecule has 0 nitrogen and oxygen atoms in total. The maximum absolute atomic E-state index is 2.45. The summed E-state index contributed by atoms with van der Waals surface area (Å²) in [6, 6.07) is 0. The van der Waals surface area contributed by atoms with Gasteiger partial charge in [0.15, 0.2) is 0 Å². The molecule has 0 saturated heterocycles. The van der Waals surface area contributed by atoms with Crippen molar-refractivity contribution in [3.8, 4) is 0 Å². The van der Waals surface area contributed by atoms with Crippen molar-refractivity contribution in [2.75, 3.05) is 0 Å². The fourth-order valence-electron chi connectivity index (χ4n) is 4.61. The molecule has 0 heteroatoms. The number of rotatable bonds is 9. The Morgan fingerprint density at radius 1 is 0.615 bits per heavy atom. The van der Waals surface area contributed by atoms with Crippen molar-refractivity contribution in [1.29, 1.82) is 0 Å². The molecular weight excluding hydrogens is 312 g/mol. The molecule has 0 aliphatic carbocycles. The third kappa shape index (κ3) is 14.9. The molecule has 0 heterocycles. The zero-order valence-corrected chi connectivity index (χ0v) is 20.6. The van der Waals surface area contributed by atoms with E-state index in [9.17, 15) is 0 Å². The molecule has 2 unspecified atom stereocenters. The fraction of sp³-hybridized carbons (Fsp3) is 0.923. The minimum Gasteiger partial charge on any atom is -0.0736 e. The molecule has 0 spiro atoms. The van der Waals surface area contributed by atoms with Crippen molar-refractivity contribution >= 4 is 0 Å². The van der Waals surface area contributed by atoms with E-state index in [0.29, 0.717) is 16.2 Å². The van der Waals surface area contributed by atoms with E-state index in [4.69, 9.17) is 0 Å². The second-order valence-corrected chi connectivity index (χ2v) is 12.9. The Bertz CT molecular complexity index is 388. The van der Waals surface area contributed by atoms with Gasteiger partial charge >= 0.3 is 0 Å². The third-order valence-corrected chi connectivity index (χ3v) is 5.20. The third-order valence-electron chi connectivity index (χ3n) is 5.20. The molecule has 0 fully saturated rings. The van der Waals surface area contributed by atoms with Crippen molar-refractivity contribution < 1.29 is 0 Å². The maximum Gasteiger partial charge on any atom is -0.0271 e. The van der Waals surface area contributed by atoms with Gasteiger partial charge in [-0.25, -0.2) is 0 Å². The van der Waals surface area contributed by atoms with E-state index in [1.54, 1.807) is 11.1 Å². The molecule has 26 heavy (non-hydrogen) atoms. The highest BCUT2D eigenvalue weighted by atomic mass is 14.3. The van der Waals surface area contributed by atoms with Crippen molar-refractivity contribution in [1.82, 2.24) is 0 Å². The average Bonchev–Trinajstić information content (AvgIpc) is 2.31. The molecule has 2 atom stereocenters. The van der Waals surface area contributed by atoms with Gasteiger partial charge in [-0.1, -0.05) is 87.3 Å². The molecule has 0 bridgehead atoms. The van der Waals surface area contributed by atoms with E-state index in [1.807, 2.05) is 0 Å². The first-order valence-electron chi connectivity index (χ1n) is 11.2. The van der Waals surface area contributed by atoms with Crippen LogP contribution in [0.3, 0.4) is 0 Å². The second kappa shape index (κ2) is 10.3. The molecule has 0 aromatic carbocycles. The predicted molar refractivity (Wildman–Crippen MR) is 122 cm³/mol. The molecule has 0 aromatic rings. The summed E-state index contributed by atoms with van der Waals surface area (Å²) in [7, 11) is 0. The summed E-state index contributed by atoms with van der Waals surface area (Å²) >= 11 is 0. The van der Waals surface area contributed by atoms with Crippen LogP contribution in [0.15, 0.2) is 11.1 Å². The van der Waals surface area contributed by atoms with Gasteiger partial charge in [0.1, 0.15) is 0 Å². The zero-order valence-electron chi connectivity index (χ0n) is 20.6. The molecule has 156 valence electrons. The van der Waals surface area contributed by atoms with Crippen LogP contribution in [-0.4, -0.2) is 0 Å². The maximum atomic E-state index is 2.45. The fourth-order valence-corrected chi connectivity index (χ4v) is 4.61. The van der Waals surface area contributed by atoms with E-state index < -0.39 is 0 Å². The van der Waals surface area contributed by atoms with Gasteiger partial charge in [0, 0.05) is 0 Å². The SMILES string of the molecule is CC(CC(C)(C)C)=C(CCC(C)CC(C)(C)C)CCC(C)CC(C)(C)C. The minimum absolute atomic E-state index is 0.392. The Morgan fingerprint density at radius 2 is 0.962 bits per heavy atom. The first kappa shape index (κ1) is 25.7. The summed E-state index contributed by atoms with van der Waals surface area (Å²) in [4.78, 5) is 0. The lowest BCUT2D eigenvalue weighted by atomic mass is 9.79. The molecule has 0 N–H and O–H groups in total. The molecule has 0 aliphatic rings. The van der Waals surface area contributed by atoms with Crippen molar-refractivity contribution in [3.05, 3.63) is 11.1 Å². The molecule has 0 radical (unpaired) electrons. The highest BCUT2D eigenvalue weighted by Gasteiger charge is 2.19. The largest absolute Gasteiger partial charge is 0.0736 e. The van der Waals surface area contributed by atoms with E-state index in [2.05, 4.69) is 83.1 Å². The molecule has 0 rings (SSSR count). The molecule has 0 amide bonds. The highest BCUT2D eigenvalue weighted by Crippen LogP contribution is 2.34. The average molecular weight is 365 g/mol. The van der Waals surface area contributed by atoms with Crippen LogP contribution in [0.25, 0.3) is 0 Å². The first-order chi connectivity index (χ1) is 11.5. The Balaban J connectivity index is 4.94. The van der Waals surface area contributed by atoms with Crippen LogP contribution in [0.4, 0.5) is 0 Å². The number of hydrogen-bond donors (Lipinski definition) is 0. The highest BCUT2D eigenvalue weighted by molar-refractivity contribution is 5.14. The second-order valence-electron chi connectivity index (χ2n) is 12.9. The first-order valence-corrected chi connectivity index (χ1v) is 11.2. The molecule has 0 aliphatic heterocycles. The van der Waals surface area contributed by atoms with Crippen LogP contribution in [-0.2, 0) is 0 Å². The van der Waals surface area contributed by atoms with E-state index in [0.717, 1.165) is 11.8 Å². The summed E-state index contributed by atoms with van der Waals surface area (Å²) in [5.41, 5.74) is 4.73. The van der Waals surface area contributed by atoms with Crippen LogP contribution in [0.1, 0.15) is 128 Å². The van der Waals surface area contributed by atoms with E-state index in [1.165, 1.54) is 44.9 Å². The summed E-state index contributed by atoms with van der Waals surface area (Å²) in [6.45, 7) is 28.7. The van der Waals surface area contributed by atoms with Crippen molar-refractivity contribution in [2.45, 2.75) is 128 Å². The monoisotopic (exact) mass is 364 g/mol. The smallest absolute Gasteiger partial charge is 0.0271 e. The lowest BCUT2D eigenvalue weighted by Gasteiger charge is -2.26. The quantitative estimate of drug-likeness (QED) is 0.357. The van der Waals surface area contributed by atoms with E-state index in [-0.39, 0.29) is 0 Å². The standard InChI is InChI=1S/C26H52/c1-20(17-24(4,5)6)13-15-23(22(3)19-26(10,11)12)16-14-21(2)18-25(7,8)9/h20-21H,13-19H2,1-12H3. The summed E-state index contributed by atoms with van der Waals surface area (Å²) in [5.74, 6) is 1.64. The van der Waals surface area contributed by atoms with Gasteiger partial charge < -0.3 is 0 Å². The van der Waals surface area contributed by atoms with Gasteiger partial charge in [-0.05, 0) is 80.0 Å².